The molecule has 1 spiro atoms. The Hall–Kier alpha value is -0.0800. The molecule has 2 fully saturated rings. The van der Waals surface area contributed by atoms with E-state index in [1.54, 1.807) is 0 Å². The van der Waals surface area contributed by atoms with E-state index in [-0.39, 0.29) is 5.72 Å². The minimum Gasteiger partial charge on any atom is -0.361 e. The summed E-state index contributed by atoms with van der Waals surface area (Å²) >= 11 is 0. The van der Waals surface area contributed by atoms with Crippen LogP contribution in [0.1, 0.15) is 46.5 Å². The van der Waals surface area contributed by atoms with Crippen molar-refractivity contribution < 1.29 is 4.74 Å². The van der Waals surface area contributed by atoms with E-state index in [9.17, 15) is 0 Å². The van der Waals surface area contributed by atoms with Crippen LogP contribution in [-0.4, -0.2) is 18.4 Å². The summed E-state index contributed by atoms with van der Waals surface area (Å²) in [4.78, 5) is 0. The summed E-state index contributed by atoms with van der Waals surface area (Å²) in [5.41, 5.74) is 0.491. The van der Waals surface area contributed by atoms with Crippen molar-refractivity contribution in [3.63, 3.8) is 0 Å². The van der Waals surface area contributed by atoms with Gasteiger partial charge in [-0.3, -0.25) is 5.32 Å². The minimum absolute atomic E-state index is 0.0289. The lowest BCUT2D eigenvalue weighted by atomic mass is 9.91. The van der Waals surface area contributed by atoms with E-state index in [1.807, 2.05) is 0 Å². The maximum absolute atomic E-state index is 5.92. The van der Waals surface area contributed by atoms with Crippen LogP contribution in [0.2, 0.25) is 0 Å². The molecule has 0 aromatic rings. The van der Waals surface area contributed by atoms with Gasteiger partial charge in [0, 0.05) is 6.04 Å². The summed E-state index contributed by atoms with van der Waals surface area (Å²) in [5.74, 6) is 0. The smallest absolute Gasteiger partial charge is 0.119 e. The third-order valence-electron chi connectivity index (χ3n) is 3.41. The first-order chi connectivity index (χ1) is 6.02. The highest BCUT2D eigenvalue weighted by Gasteiger charge is 2.45. The molecule has 1 heterocycles. The zero-order chi connectivity index (χ0) is 9.53. The molecule has 2 unspecified atom stereocenters. The molecule has 2 heteroatoms. The van der Waals surface area contributed by atoms with Crippen molar-refractivity contribution in [1.29, 1.82) is 0 Å². The van der Waals surface area contributed by atoms with Crippen molar-refractivity contribution in [2.75, 3.05) is 6.61 Å². The summed E-state index contributed by atoms with van der Waals surface area (Å²) in [6.45, 7) is 7.87. The molecule has 2 nitrogen and oxygen atoms in total. The van der Waals surface area contributed by atoms with Crippen molar-refractivity contribution in [2.24, 2.45) is 5.41 Å². The molecule has 1 saturated carbocycles. The molecule has 1 saturated heterocycles. The van der Waals surface area contributed by atoms with Crippen molar-refractivity contribution in [1.82, 2.24) is 5.32 Å². The Kier molecular flexibility index (Phi) is 2.16. The summed E-state index contributed by atoms with van der Waals surface area (Å²) in [6.07, 6.45) is 4.80. The predicted molar refractivity (Wildman–Crippen MR) is 53.5 cm³/mol. The van der Waals surface area contributed by atoms with Gasteiger partial charge in [0.15, 0.2) is 0 Å². The first-order valence-electron chi connectivity index (χ1n) is 5.43. The highest BCUT2D eigenvalue weighted by molar-refractivity contribution is 4.96. The predicted octanol–water partition coefficient (Wildman–Crippen LogP) is 2.29. The van der Waals surface area contributed by atoms with E-state index < -0.39 is 0 Å². The molecule has 0 aromatic heterocycles. The SMILES string of the molecule is CC1CCOC2(CCC(C)(C)C2)N1. The second-order valence-corrected chi connectivity index (χ2v) is 5.52. The first-order valence-corrected chi connectivity index (χ1v) is 5.43. The van der Waals surface area contributed by atoms with Gasteiger partial charge in [0.05, 0.1) is 6.61 Å². The van der Waals surface area contributed by atoms with Crippen molar-refractivity contribution >= 4 is 0 Å². The van der Waals surface area contributed by atoms with Gasteiger partial charge in [0.25, 0.3) is 0 Å². The van der Waals surface area contributed by atoms with Gasteiger partial charge in [-0.1, -0.05) is 13.8 Å². The van der Waals surface area contributed by atoms with E-state index >= 15 is 0 Å². The van der Waals surface area contributed by atoms with Crippen molar-refractivity contribution in [3.05, 3.63) is 0 Å². The summed E-state index contributed by atoms with van der Waals surface area (Å²) in [5, 5.41) is 3.63. The number of nitrogens with one attached hydrogen (secondary N) is 1. The minimum atomic E-state index is 0.0289. The van der Waals surface area contributed by atoms with E-state index in [4.69, 9.17) is 4.74 Å². The van der Waals surface area contributed by atoms with Gasteiger partial charge in [0.1, 0.15) is 5.72 Å². The van der Waals surface area contributed by atoms with Gasteiger partial charge in [-0.15, -0.1) is 0 Å². The molecule has 2 rings (SSSR count). The van der Waals surface area contributed by atoms with Crippen LogP contribution in [0.4, 0.5) is 0 Å². The number of rotatable bonds is 0. The molecule has 76 valence electrons. The third-order valence-corrected chi connectivity index (χ3v) is 3.41. The van der Waals surface area contributed by atoms with E-state index in [1.165, 1.54) is 19.3 Å². The second kappa shape index (κ2) is 2.96. The molecule has 1 N–H and O–H groups in total. The lowest BCUT2D eigenvalue weighted by Crippen LogP contribution is -2.54. The molecule has 0 radical (unpaired) electrons. The molecule has 0 aromatic carbocycles. The van der Waals surface area contributed by atoms with E-state index in [2.05, 4.69) is 26.1 Å². The Morgan fingerprint density at radius 3 is 2.62 bits per heavy atom. The molecule has 0 bridgehead atoms. The Morgan fingerprint density at radius 2 is 2.08 bits per heavy atom. The molecule has 13 heavy (non-hydrogen) atoms. The van der Waals surface area contributed by atoms with Gasteiger partial charge in [-0.25, -0.2) is 0 Å². The second-order valence-electron chi connectivity index (χ2n) is 5.52. The van der Waals surface area contributed by atoms with Gasteiger partial charge in [-0.05, 0) is 38.0 Å². The highest BCUT2D eigenvalue weighted by Crippen LogP contribution is 2.45. The molecule has 1 aliphatic carbocycles. The molecule has 1 aliphatic heterocycles. The van der Waals surface area contributed by atoms with Crippen molar-refractivity contribution in [2.45, 2.75) is 58.2 Å². The van der Waals surface area contributed by atoms with Crippen LogP contribution in [0.25, 0.3) is 0 Å². The normalized spacial score (nSPS) is 44.1. The fourth-order valence-corrected chi connectivity index (χ4v) is 2.73. The maximum Gasteiger partial charge on any atom is 0.119 e. The monoisotopic (exact) mass is 183 g/mol. The van der Waals surface area contributed by atoms with Crippen LogP contribution in [0.15, 0.2) is 0 Å². The van der Waals surface area contributed by atoms with Crippen LogP contribution in [-0.2, 0) is 4.74 Å². The largest absolute Gasteiger partial charge is 0.361 e. The third kappa shape index (κ3) is 1.89. The summed E-state index contributed by atoms with van der Waals surface area (Å²) in [7, 11) is 0. The van der Waals surface area contributed by atoms with Gasteiger partial charge < -0.3 is 4.74 Å². The quantitative estimate of drug-likeness (QED) is 0.622. The zero-order valence-electron chi connectivity index (χ0n) is 9.02. The van der Waals surface area contributed by atoms with Crippen LogP contribution < -0.4 is 5.32 Å². The van der Waals surface area contributed by atoms with Gasteiger partial charge in [-0.2, -0.15) is 0 Å². The van der Waals surface area contributed by atoms with Gasteiger partial charge in [0.2, 0.25) is 0 Å². The molecule has 2 aliphatic rings. The molecular formula is C11H21NO. The van der Waals surface area contributed by atoms with Crippen LogP contribution in [0, 0.1) is 5.41 Å². The van der Waals surface area contributed by atoms with E-state index in [0.717, 1.165) is 13.0 Å². The Labute approximate surface area is 81.0 Å². The highest BCUT2D eigenvalue weighted by atomic mass is 16.5. The van der Waals surface area contributed by atoms with Crippen LogP contribution in [0.3, 0.4) is 0 Å². The molecule has 0 amide bonds. The number of ether oxygens (including phenoxy) is 1. The first kappa shape index (κ1) is 9.47. The van der Waals surface area contributed by atoms with Crippen LogP contribution in [0.5, 0.6) is 0 Å². The summed E-state index contributed by atoms with van der Waals surface area (Å²) in [6, 6.07) is 0.627. The lowest BCUT2D eigenvalue weighted by Gasteiger charge is -2.39. The maximum atomic E-state index is 5.92. The molecular weight excluding hydrogens is 162 g/mol. The standard InChI is InChI=1S/C11H21NO/c1-9-4-7-13-11(12-9)6-5-10(2,3)8-11/h9,12H,4-8H2,1-3H3. The van der Waals surface area contributed by atoms with Crippen molar-refractivity contribution in [3.8, 4) is 0 Å². The van der Waals surface area contributed by atoms with Gasteiger partial charge >= 0.3 is 0 Å². The zero-order valence-corrected chi connectivity index (χ0v) is 9.02. The topological polar surface area (TPSA) is 21.3 Å². The average molecular weight is 183 g/mol. The molecule has 2 atom stereocenters. The number of hydrogen-bond acceptors (Lipinski definition) is 2. The Balaban J connectivity index is 2.05. The fourth-order valence-electron chi connectivity index (χ4n) is 2.73. The number of hydrogen-bond donors (Lipinski definition) is 1. The van der Waals surface area contributed by atoms with E-state index in [0.29, 0.717) is 11.5 Å². The average Bonchev–Trinajstić information content (AvgIpc) is 2.26. The fraction of sp³-hybridized carbons (Fsp3) is 1.00. The Morgan fingerprint density at radius 1 is 1.31 bits per heavy atom. The summed E-state index contributed by atoms with van der Waals surface area (Å²) < 4.78 is 5.92. The lowest BCUT2D eigenvalue weighted by molar-refractivity contribution is -0.108. The van der Waals surface area contributed by atoms with Crippen LogP contribution >= 0.6 is 0 Å². The Bertz CT molecular complexity index is 202.